The van der Waals surface area contributed by atoms with Crippen molar-refractivity contribution in [2.24, 2.45) is 0 Å². The zero-order valence-corrected chi connectivity index (χ0v) is 15.1. The predicted octanol–water partition coefficient (Wildman–Crippen LogP) is 5.61. The van der Waals surface area contributed by atoms with Gasteiger partial charge in [0.25, 0.3) is 0 Å². The first-order valence-electron chi connectivity index (χ1n) is 8.40. The Bertz CT molecular complexity index is 714. The lowest BCUT2D eigenvalue weighted by molar-refractivity contribution is 0.342. The van der Waals surface area contributed by atoms with Gasteiger partial charge in [0.2, 0.25) is 0 Å². The van der Waals surface area contributed by atoms with Crippen molar-refractivity contribution < 1.29 is 5.11 Å². The molecular formula is C23H22OS. The topological polar surface area (TPSA) is 20.2 Å². The smallest absolute Gasteiger partial charge is 0.0950 e. The third kappa shape index (κ3) is 3.71. The summed E-state index contributed by atoms with van der Waals surface area (Å²) in [5.74, 6) is 0. The van der Waals surface area contributed by atoms with Gasteiger partial charge in [-0.2, -0.15) is 0 Å². The van der Waals surface area contributed by atoms with Crippen molar-refractivity contribution in [2.75, 3.05) is 6.61 Å². The minimum Gasteiger partial charge on any atom is -0.392 e. The van der Waals surface area contributed by atoms with E-state index in [1.165, 1.54) is 16.7 Å². The summed E-state index contributed by atoms with van der Waals surface area (Å²) in [5.41, 5.74) is 3.68. The number of rotatable bonds is 6. The largest absolute Gasteiger partial charge is 0.392 e. The molecule has 3 rings (SSSR count). The molecule has 1 N–H and O–H groups in total. The molecule has 0 saturated heterocycles. The lowest BCUT2D eigenvalue weighted by Crippen LogP contribution is -2.25. The highest BCUT2D eigenvalue weighted by Gasteiger charge is 2.37. The van der Waals surface area contributed by atoms with Crippen LogP contribution in [-0.4, -0.2) is 11.7 Å². The van der Waals surface area contributed by atoms with Crippen molar-refractivity contribution in [2.45, 2.75) is 11.7 Å². The van der Waals surface area contributed by atoms with E-state index in [4.69, 9.17) is 0 Å². The Balaban J connectivity index is 2.29. The second-order valence-corrected chi connectivity index (χ2v) is 7.34. The molecule has 126 valence electrons. The van der Waals surface area contributed by atoms with Crippen LogP contribution in [0.4, 0.5) is 0 Å². The van der Waals surface area contributed by atoms with Crippen LogP contribution in [0.1, 0.15) is 23.6 Å². The van der Waals surface area contributed by atoms with E-state index in [1.54, 1.807) is 11.8 Å². The van der Waals surface area contributed by atoms with Crippen LogP contribution in [0.2, 0.25) is 0 Å². The Hall–Kier alpha value is -2.29. The van der Waals surface area contributed by atoms with Gasteiger partial charge in [-0.15, -0.1) is 11.8 Å². The minimum atomic E-state index is -0.362. The van der Waals surface area contributed by atoms with Gasteiger partial charge in [0.15, 0.2) is 0 Å². The zero-order valence-electron chi connectivity index (χ0n) is 14.3. The highest BCUT2D eigenvalue weighted by atomic mass is 32.2. The summed E-state index contributed by atoms with van der Waals surface area (Å²) in [5, 5.41) is 9.36. The molecule has 0 bridgehead atoms. The zero-order chi connectivity index (χ0) is 17.5. The second-order valence-electron chi connectivity index (χ2n) is 5.88. The Morgan fingerprint density at radius 1 is 0.760 bits per heavy atom. The lowest BCUT2D eigenvalue weighted by Gasteiger charge is -2.35. The average Bonchev–Trinajstić information content (AvgIpc) is 2.68. The number of thioether (sulfide) groups is 1. The maximum Gasteiger partial charge on any atom is 0.0950 e. The SMILES string of the molecule is CC(=CCO)SC(c1ccccc1)(c1ccccc1)c1ccccc1. The van der Waals surface area contributed by atoms with Crippen molar-refractivity contribution >= 4 is 11.8 Å². The van der Waals surface area contributed by atoms with Crippen LogP contribution >= 0.6 is 11.8 Å². The van der Waals surface area contributed by atoms with Gasteiger partial charge in [0.1, 0.15) is 0 Å². The van der Waals surface area contributed by atoms with E-state index in [0.717, 1.165) is 4.91 Å². The van der Waals surface area contributed by atoms with Crippen LogP contribution in [0.25, 0.3) is 0 Å². The van der Waals surface area contributed by atoms with Crippen LogP contribution in [-0.2, 0) is 4.75 Å². The number of aliphatic hydroxyl groups is 1. The van der Waals surface area contributed by atoms with E-state index in [9.17, 15) is 5.11 Å². The first kappa shape index (κ1) is 17.5. The van der Waals surface area contributed by atoms with Crippen molar-refractivity contribution in [1.29, 1.82) is 0 Å². The van der Waals surface area contributed by atoms with Gasteiger partial charge in [-0.25, -0.2) is 0 Å². The van der Waals surface area contributed by atoms with Gasteiger partial charge in [-0.1, -0.05) is 91.0 Å². The predicted molar refractivity (Wildman–Crippen MR) is 108 cm³/mol. The number of benzene rings is 3. The molecule has 0 saturated carbocycles. The van der Waals surface area contributed by atoms with E-state index in [-0.39, 0.29) is 11.4 Å². The number of allylic oxidation sites excluding steroid dienone is 1. The summed E-state index contributed by atoms with van der Waals surface area (Å²) in [6.45, 7) is 2.11. The Morgan fingerprint density at radius 3 is 1.44 bits per heavy atom. The van der Waals surface area contributed by atoms with Crippen LogP contribution in [0, 0.1) is 0 Å². The van der Waals surface area contributed by atoms with Crippen LogP contribution in [0.5, 0.6) is 0 Å². The lowest BCUT2D eigenvalue weighted by atomic mass is 9.84. The molecule has 0 spiro atoms. The first-order chi connectivity index (χ1) is 12.3. The molecular weight excluding hydrogens is 324 g/mol. The fraction of sp³-hybridized carbons (Fsp3) is 0.130. The molecule has 0 aliphatic carbocycles. The van der Waals surface area contributed by atoms with Crippen molar-refractivity contribution in [1.82, 2.24) is 0 Å². The van der Waals surface area contributed by atoms with E-state index < -0.39 is 0 Å². The molecule has 0 unspecified atom stereocenters. The molecule has 0 amide bonds. The Morgan fingerprint density at radius 2 is 1.12 bits per heavy atom. The van der Waals surface area contributed by atoms with E-state index in [2.05, 4.69) is 79.7 Å². The molecule has 1 nitrogen and oxygen atoms in total. The van der Waals surface area contributed by atoms with Gasteiger partial charge in [0, 0.05) is 0 Å². The normalized spacial score (nSPS) is 12.2. The van der Waals surface area contributed by atoms with Gasteiger partial charge in [0.05, 0.1) is 11.4 Å². The highest BCUT2D eigenvalue weighted by Crippen LogP contribution is 2.51. The fourth-order valence-electron chi connectivity index (χ4n) is 3.11. The van der Waals surface area contributed by atoms with Crippen molar-refractivity contribution in [3.63, 3.8) is 0 Å². The molecule has 3 aromatic rings. The van der Waals surface area contributed by atoms with E-state index in [0.29, 0.717) is 0 Å². The molecule has 0 radical (unpaired) electrons. The first-order valence-corrected chi connectivity index (χ1v) is 9.22. The van der Waals surface area contributed by atoms with Gasteiger partial charge in [-0.3, -0.25) is 0 Å². The third-order valence-corrected chi connectivity index (χ3v) is 5.74. The summed E-state index contributed by atoms with van der Waals surface area (Å²) in [4.78, 5) is 1.10. The quantitative estimate of drug-likeness (QED) is 0.586. The maximum absolute atomic E-state index is 9.36. The average molecular weight is 346 g/mol. The molecule has 0 heterocycles. The molecule has 2 heteroatoms. The van der Waals surface area contributed by atoms with Crippen molar-refractivity contribution in [3.05, 3.63) is 119 Å². The summed E-state index contributed by atoms with van der Waals surface area (Å²) in [6.07, 6.45) is 1.87. The minimum absolute atomic E-state index is 0.0489. The monoisotopic (exact) mass is 346 g/mol. The maximum atomic E-state index is 9.36. The van der Waals surface area contributed by atoms with Gasteiger partial charge in [-0.05, 0) is 34.6 Å². The molecule has 0 aliphatic heterocycles. The summed E-state index contributed by atoms with van der Waals surface area (Å²) < 4.78 is -0.362. The number of aliphatic hydroxyl groups excluding tert-OH is 1. The second kappa shape index (κ2) is 8.19. The Labute approximate surface area is 154 Å². The molecule has 25 heavy (non-hydrogen) atoms. The van der Waals surface area contributed by atoms with E-state index in [1.807, 2.05) is 24.3 Å². The standard InChI is InChI=1S/C23H22OS/c1-19(17-18-24)25-23(20-11-5-2-6-12-20,21-13-7-3-8-14-21)22-15-9-4-10-16-22/h2-17,24H,18H2,1H3. The van der Waals surface area contributed by atoms with E-state index >= 15 is 0 Å². The van der Waals surface area contributed by atoms with Crippen LogP contribution in [0.3, 0.4) is 0 Å². The molecule has 0 fully saturated rings. The van der Waals surface area contributed by atoms with Crippen LogP contribution in [0.15, 0.2) is 102 Å². The molecule has 0 aromatic heterocycles. The van der Waals surface area contributed by atoms with Crippen molar-refractivity contribution in [3.8, 4) is 0 Å². The molecule has 0 aliphatic rings. The van der Waals surface area contributed by atoms with Crippen LogP contribution < -0.4 is 0 Å². The Kier molecular flexibility index (Phi) is 5.75. The summed E-state index contributed by atoms with van der Waals surface area (Å²) in [7, 11) is 0. The summed E-state index contributed by atoms with van der Waals surface area (Å²) in [6, 6.07) is 31.7. The highest BCUT2D eigenvalue weighted by molar-refractivity contribution is 8.04. The number of hydrogen-bond acceptors (Lipinski definition) is 2. The molecule has 0 atom stereocenters. The summed E-state index contributed by atoms with van der Waals surface area (Å²) >= 11 is 1.78. The van der Waals surface area contributed by atoms with Gasteiger partial charge >= 0.3 is 0 Å². The van der Waals surface area contributed by atoms with Gasteiger partial charge < -0.3 is 5.11 Å². The fourth-order valence-corrected chi connectivity index (χ4v) is 4.51. The number of hydrogen-bond donors (Lipinski definition) is 1. The molecule has 3 aromatic carbocycles. The third-order valence-electron chi connectivity index (χ3n) is 4.23.